The van der Waals surface area contributed by atoms with Crippen molar-refractivity contribution in [2.75, 3.05) is 0 Å². The Hall–Kier alpha value is -1.77. The molecule has 0 saturated carbocycles. The number of halogens is 1. The molecule has 0 bridgehead atoms. The first-order chi connectivity index (χ1) is 9.56. The number of fused-ring (bicyclic) bond motifs is 1. The summed E-state index contributed by atoms with van der Waals surface area (Å²) in [6.07, 6.45) is -0.763. The monoisotopic (exact) mass is 286 g/mol. The number of hydrogen-bond acceptors (Lipinski definition) is 2. The molecule has 1 heterocycles. The van der Waals surface area contributed by atoms with Crippen LogP contribution in [-0.4, -0.2) is 5.11 Å². The standard InChI is InChI=1S/C17H15ClO2/c1-10-4-3-5-14(11(10)2)17(19)16-9-12-8-13(18)6-7-15(12)20-16/h3-9,17,19H,1-2H3. The van der Waals surface area contributed by atoms with E-state index in [9.17, 15) is 5.11 Å². The minimum atomic E-state index is -0.763. The fourth-order valence-electron chi connectivity index (χ4n) is 2.39. The maximum absolute atomic E-state index is 10.5. The Morgan fingerprint density at radius 3 is 2.70 bits per heavy atom. The molecular weight excluding hydrogens is 272 g/mol. The van der Waals surface area contributed by atoms with Crippen molar-refractivity contribution >= 4 is 22.6 Å². The highest BCUT2D eigenvalue weighted by atomic mass is 35.5. The van der Waals surface area contributed by atoms with Crippen LogP contribution in [0.5, 0.6) is 0 Å². The Morgan fingerprint density at radius 2 is 1.90 bits per heavy atom. The zero-order valence-corrected chi connectivity index (χ0v) is 12.1. The molecule has 0 fully saturated rings. The maximum atomic E-state index is 10.5. The number of hydrogen-bond donors (Lipinski definition) is 1. The molecule has 0 spiro atoms. The molecule has 0 saturated heterocycles. The number of aliphatic hydroxyl groups excluding tert-OH is 1. The Bertz CT molecular complexity index is 774. The molecule has 0 radical (unpaired) electrons. The van der Waals surface area contributed by atoms with Crippen LogP contribution in [0, 0.1) is 13.8 Å². The first kappa shape index (κ1) is 13.2. The van der Waals surface area contributed by atoms with Crippen molar-refractivity contribution < 1.29 is 9.52 Å². The van der Waals surface area contributed by atoms with E-state index >= 15 is 0 Å². The number of benzene rings is 2. The van der Waals surface area contributed by atoms with Gasteiger partial charge < -0.3 is 9.52 Å². The van der Waals surface area contributed by atoms with Crippen molar-refractivity contribution in [2.24, 2.45) is 0 Å². The molecule has 3 aromatic rings. The van der Waals surface area contributed by atoms with Gasteiger partial charge in [0, 0.05) is 10.4 Å². The van der Waals surface area contributed by atoms with Crippen LogP contribution < -0.4 is 0 Å². The van der Waals surface area contributed by atoms with E-state index in [1.54, 1.807) is 6.07 Å². The second-order valence-electron chi connectivity index (χ2n) is 5.02. The van der Waals surface area contributed by atoms with Gasteiger partial charge in [0.25, 0.3) is 0 Å². The normalized spacial score (nSPS) is 12.8. The van der Waals surface area contributed by atoms with Crippen molar-refractivity contribution in [3.05, 3.63) is 69.9 Å². The molecule has 1 unspecified atom stereocenters. The van der Waals surface area contributed by atoms with E-state index in [-0.39, 0.29) is 0 Å². The second kappa shape index (κ2) is 4.97. The summed E-state index contributed by atoms with van der Waals surface area (Å²) < 4.78 is 5.73. The SMILES string of the molecule is Cc1cccc(C(O)c2cc3cc(Cl)ccc3o2)c1C. The van der Waals surface area contributed by atoms with Crippen molar-refractivity contribution in [2.45, 2.75) is 20.0 Å². The van der Waals surface area contributed by atoms with Crippen LogP contribution in [0.25, 0.3) is 11.0 Å². The molecule has 20 heavy (non-hydrogen) atoms. The Balaban J connectivity index is 2.08. The summed E-state index contributed by atoms with van der Waals surface area (Å²) in [6, 6.07) is 13.2. The van der Waals surface area contributed by atoms with Gasteiger partial charge in [0.15, 0.2) is 0 Å². The van der Waals surface area contributed by atoms with E-state index in [4.69, 9.17) is 16.0 Å². The molecule has 2 aromatic carbocycles. The highest BCUT2D eigenvalue weighted by Crippen LogP contribution is 2.31. The molecule has 0 aliphatic carbocycles. The van der Waals surface area contributed by atoms with E-state index < -0.39 is 6.10 Å². The summed E-state index contributed by atoms with van der Waals surface area (Å²) in [5.41, 5.74) is 3.84. The van der Waals surface area contributed by atoms with Gasteiger partial charge in [0.05, 0.1) is 0 Å². The van der Waals surface area contributed by atoms with Crippen molar-refractivity contribution in [3.63, 3.8) is 0 Å². The maximum Gasteiger partial charge on any atom is 0.138 e. The van der Waals surface area contributed by atoms with Gasteiger partial charge >= 0.3 is 0 Å². The van der Waals surface area contributed by atoms with E-state index in [1.807, 2.05) is 50.2 Å². The van der Waals surface area contributed by atoms with E-state index in [0.717, 1.165) is 27.7 Å². The number of rotatable bonds is 2. The second-order valence-corrected chi connectivity index (χ2v) is 5.46. The van der Waals surface area contributed by atoms with Gasteiger partial charge in [-0.15, -0.1) is 0 Å². The van der Waals surface area contributed by atoms with E-state index in [1.165, 1.54) is 0 Å². The van der Waals surface area contributed by atoms with Gasteiger partial charge in [-0.2, -0.15) is 0 Å². The number of aliphatic hydroxyl groups is 1. The van der Waals surface area contributed by atoms with Crippen molar-refractivity contribution in [1.29, 1.82) is 0 Å². The molecule has 0 aliphatic rings. The van der Waals surface area contributed by atoms with Crippen LogP contribution >= 0.6 is 11.6 Å². The van der Waals surface area contributed by atoms with Crippen molar-refractivity contribution in [3.8, 4) is 0 Å². The molecule has 3 rings (SSSR count). The highest BCUT2D eigenvalue weighted by molar-refractivity contribution is 6.31. The van der Waals surface area contributed by atoms with Crippen LogP contribution in [0.3, 0.4) is 0 Å². The Labute approximate surface area is 122 Å². The zero-order chi connectivity index (χ0) is 14.3. The van der Waals surface area contributed by atoms with Crippen LogP contribution in [-0.2, 0) is 0 Å². The van der Waals surface area contributed by atoms with Gasteiger partial charge in [-0.25, -0.2) is 0 Å². The molecule has 102 valence electrons. The van der Waals surface area contributed by atoms with Crippen LogP contribution in [0.1, 0.15) is 28.6 Å². The van der Waals surface area contributed by atoms with Gasteiger partial charge in [-0.3, -0.25) is 0 Å². The lowest BCUT2D eigenvalue weighted by molar-refractivity contribution is 0.191. The molecule has 0 aliphatic heterocycles. The van der Waals surface area contributed by atoms with Crippen LogP contribution in [0.4, 0.5) is 0 Å². The average Bonchev–Trinajstić information content (AvgIpc) is 2.84. The minimum Gasteiger partial charge on any atom is -0.458 e. The first-order valence-corrected chi connectivity index (χ1v) is 6.87. The van der Waals surface area contributed by atoms with Crippen LogP contribution in [0.2, 0.25) is 5.02 Å². The third kappa shape index (κ3) is 2.21. The summed E-state index contributed by atoms with van der Waals surface area (Å²) in [5.74, 6) is 0.538. The fraction of sp³-hybridized carbons (Fsp3) is 0.176. The third-order valence-corrected chi connectivity index (χ3v) is 3.94. The largest absolute Gasteiger partial charge is 0.458 e. The summed E-state index contributed by atoms with van der Waals surface area (Å²) in [6.45, 7) is 4.04. The number of aryl methyl sites for hydroxylation is 1. The van der Waals surface area contributed by atoms with Gasteiger partial charge in [0.2, 0.25) is 0 Å². The molecule has 0 amide bonds. The molecule has 1 N–H and O–H groups in total. The van der Waals surface area contributed by atoms with E-state index in [2.05, 4.69) is 0 Å². The predicted octanol–water partition coefficient (Wildman–Crippen LogP) is 4.78. The van der Waals surface area contributed by atoms with E-state index in [0.29, 0.717) is 10.8 Å². The Kier molecular flexibility index (Phi) is 3.28. The molecule has 2 nitrogen and oxygen atoms in total. The molecule has 1 aromatic heterocycles. The quantitative estimate of drug-likeness (QED) is 0.735. The summed E-state index contributed by atoms with van der Waals surface area (Å²) in [7, 11) is 0. The fourth-order valence-corrected chi connectivity index (χ4v) is 2.57. The Morgan fingerprint density at radius 1 is 1.10 bits per heavy atom. The average molecular weight is 287 g/mol. The van der Waals surface area contributed by atoms with Gasteiger partial charge in [-0.1, -0.05) is 29.8 Å². The smallest absolute Gasteiger partial charge is 0.138 e. The lowest BCUT2D eigenvalue weighted by Crippen LogP contribution is -2.01. The first-order valence-electron chi connectivity index (χ1n) is 6.49. The molecule has 1 atom stereocenters. The third-order valence-electron chi connectivity index (χ3n) is 3.71. The lowest BCUT2D eigenvalue weighted by Gasteiger charge is -2.13. The van der Waals surface area contributed by atoms with Gasteiger partial charge in [-0.05, 0) is 54.8 Å². The molecular formula is C17H15ClO2. The van der Waals surface area contributed by atoms with Crippen LogP contribution in [0.15, 0.2) is 46.9 Å². The lowest BCUT2D eigenvalue weighted by atomic mass is 9.98. The molecule has 3 heteroatoms. The summed E-state index contributed by atoms with van der Waals surface area (Å²) >= 11 is 5.97. The zero-order valence-electron chi connectivity index (χ0n) is 11.4. The predicted molar refractivity (Wildman–Crippen MR) is 81.2 cm³/mol. The summed E-state index contributed by atoms with van der Waals surface area (Å²) in [4.78, 5) is 0. The highest BCUT2D eigenvalue weighted by Gasteiger charge is 2.18. The van der Waals surface area contributed by atoms with Crippen molar-refractivity contribution in [1.82, 2.24) is 0 Å². The summed E-state index contributed by atoms with van der Waals surface area (Å²) in [5, 5.41) is 12.1. The topological polar surface area (TPSA) is 33.4 Å². The minimum absolute atomic E-state index is 0.538. The number of furan rings is 1. The van der Waals surface area contributed by atoms with Gasteiger partial charge in [0.1, 0.15) is 17.4 Å².